The highest BCUT2D eigenvalue weighted by Crippen LogP contribution is 2.18. The number of nitrogens with zero attached hydrogens (tertiary/aromatic N) is 2. The van der Waals surface area contributed by atoms with Crippen molar-refractivity contribution in [2.24, 2.45) is 0 Å². The molecular weight excluding hydrogens is 272 g/mol. The maximum Gasteiger partial charge on any atom is 0.253 e. The van der Waals surface area contributed by atoms with E-state index in [0.717, 1.165) is 31.7 Å². The summed E-state index contributed by atoms with van der Waals surface area (Å²) in [4.78, 5) is 16.8. The number of hydrogen-bond donors (Lipinski definition) is 0. The molecule has 0 aromatic heterocycles. The topological polar surface area (TPSA) is 23.6 Å². The van der Waals surface area contributed by atoms with E-state index >= 15 is 0 Å². The first-order valence-corrected chi connectivity index (χ1v) is 7.81. The Labute approximate surface area is 132 Å². The number of aryl methyl sites for hydroxylation is 2. The lowest BCUT2D eigenvalue weighted by molar-refractivity contribution is 0.0747. The van der Waals surface area contributed by atoms with Crippen LogP contribution < -0.4 is 4.90 Å². The van der Waals surface area contributed by atoms with E-state index in [1.807, 2.05) is 36.1 Å². The number of anilines is 1. The van der Waals surface area contributed by atoms with E-state index in [2.05, 4.69) is 36.1 Å². The Morgan fingerprint density at radius 2 is 1.27 bits per heavy atom. The SMILES string of the molecule is Cc1ccc(C(=O)N2CCN(c3ccc(C)cc3)CC2)cc1. The van der Waals surface area contributed by atoms with E-state index in [4.69, 9.17) is 0 Å². The zero-order chi connectivity index (χ0) is 15.5. The monoisotopic (exact) mass is 294 g/mol. The second-order valence-corrected chi connectivity index (χ2v) is 5.98. The molecule has 1 aliphatic heterocycles. The van der Waals surface area contributed by atoms with Gasteiger partial charge in [-0.1, -0.05) is 35.4 Å². The second kappa shape index (κ2) is 6.22. The minimum absolute atomic E-state index is 0.142. The van der Waals surface area contributed by atoms with Crippen molar-refractivity contribution in [3.05, 3.63) is 65.2 Å². The van der Waals surface area contributed by atoms with Crippen LogP contribution in [0.25, 0.3) is 0 Å². The van der Waals surface area contributed by atoms with E-state index in [1.165, 1.54) is 16.8 Å². The quantitative estimate of drug-likeness (QED) is 0.848. The number of rotatable bonds is 2. The van der Waals surface area contributed by atoms with E-state index < -0.39 is 0 Å². The highest BCUT2D eigenvalue weighted by Gasteiger charge is 2.22. The number of hydrogen-bond acceptors (Lipinski definition) is 2. The molecule has 2 aromatic carbocycles. The van der Waals surface area contributed by atoms with E-state index in [9.17, 15) is 4.79 Å². The minimum Gasteiger partial charge on any atom is -0.368 e. The Balaban J connectivity index is 1.62. The van der Waals surface area contributed by atoms with Gasteiger partial charge in [0.2, 0.25) is 0 Å². The fraction of sp³-hybridized carbons (Fsp3) is 0.316. The van der Waals surface area contributed by atoms with Crippen molar-refractivity contribution >= 4 is 11.6 Å². The zero-order valence-electron chi connectivity index (χ0n) is 13.2. The first-order chi connectivity index (χ1) is 10.6. The van der Waals surface area contributed by atoms with Gasteiger partial charge < -0.3 is 9.80 Å². The van der Waals surface area contributed by atoms with Crippen molar-refractivity contribution < 1.29 is 4.79 Å². The minimum atomic E-state index is 0.142. The normalized spacial score (nSPS) is 15.0. The number of piperazine rings is 1. The van der Waals surface area contributed by atoms with Crippen molar-refractivity contribution in [1.29, 1.82) is 0 Å². The maximum absolute atomic E-state index is 12.5. The standard InChI is InChI=1S/C19H22N2O/c1-15-3-7-17(8-4-15)19(22)21-13-11-20(12-14-21)18-9-5-16(2)6-10-18/h3-10H,11-14H2,1-2H3. The molecule has 0 atom stereocenters. The van der Waals surface area contributed by atoms with Gasteiger partial charge in [-0.2, -0.15) is 0 Å². The van der Waals surface area contributed by atoms with Crippen LogP contribution in [0.5, 0.6) is 0 Å². The molecule has 114 valence electrons. The molecule has 0 saturated carbocycles. The van der Waals surface area contributed by atoms with E-state index in [1.54, 1.807) is 0 Å². The van der Waals surface area contributed by atoms with Gasteiger partial charge in [-0.15, -0.1) is 0 Å². The molecule has 3 rings (SSSR count). The van der Waals surface area contributed by atoms with Gasteiger partial charge in [0.1, 0.15) is 0 Å². The summed E-state index contributed by atoms with van der Waals surface area (Å²) in [5, 5.41) is 0. The van der Waals surface area contributed by atoms with Crippen molar-refractivity contribution in [3.8, 4) is 0 Å². The largest absolute Gasteiger partial charge is 0.368 e. The Kier molecular flexibility index (Phi) is 4.14. The maximum atomic E-state index is 12.5. The summed E-state index contributed by atoms with van der Waals surface area (Å²) in [7, 11) is 0. The summed E-state index contributed by atoms with van der Waals surface area (Å²) in [5.74, 6) is 0.142. The van der Waals surface area contributed by atoms with Crippen LogP contribution in [0.4, 0.5) is 5.69 Å². The molecule has 0 radical (unpaired) electrons. The third-order valence-electron chi connectivity index (χ3n) is 4.26. The molecule has 1 heterocycles. The molecule has 0 unspecified atom stereocenters. The van der Waals surface area contributed by atoms with Crippen LogP contribution in [-0.2, 0) is 0 Å². The number of carbonyl (C=O) groups is 1. The zero-order valence-corrected chi connectivity index (χ0v) is 13.2. The average Bonchev–Trinajstić information content (AvgIpc) is 2.56. The van der Waals surface area contributed by atoms with Crippen LogP contribution in [0.2, 0.25) is 0 Å². The Morgan fingerprint density at radius 1 is 0.773 bits per heavy atom. The Hall–Kier alpha value is -2.29. The summed E-state index contributed by atoms with van der Waals surface area (Å²) < 4.78 is 0. The molecule has 0 N–H and O–H groups in total. The van der Waals surface area contributed by atoms with Crippen LogP contribution in [-0.4, -0.2) is 37.0 Å². The van der Waals surface area contributed by atoms with Gasteiger partial charge in [0.25, 0.3) is 5.91 Å². The molecule has 0 bridgehead atoms. The van der Waals surface area contributed by atoms with Crippen molar-refractivity contribution in [2.75, 3.05) is 31.1 Å². The second-order valence-electron chi connectivity index (χ2n) is 5.98. The lowest BCUT2D eigenvalue weighted by atomic mass is 10.1. The third-order valence-corrected chi connectivity index (χ3v) is 4.26. The molecule has 1 amide bonds. The summed E-state index contributed by atoms with van der Waals surface area (Å²) in [6.45, 7) is 7.47. The van der Waals surface area contributed by atoms with Crippen LogP contribution >= 0.6 is 0 Å². The smallest absolute Gasteiger partial charge is 0.253 e. The molecule has 3 heteroatoms. The first-order valence-electron chi connectivity index (χ1n) is 7.81. The van der Waals surface area contributed by atoms with Gasteiger partial charge >= 0.3 is 0 Å². The molecule has 0 aliphatic carbocycles. The summed E-state index contributed by atoms with van der Waals surface area (Å²) in [5.41, 5.74) is 4.49. The molecular formula is C19H22N2O. The highest BCUT2D eigenvalue weighted by molar-refractivity contribution is 5.94. The van der Waals surface area contributed by atoms with Gasteiger partial charge in [0, 0.05) is 37.4 Å². The van der Waals surface area contributed by atoms with Crippen LogP contribution in [0.15, 0.2) is 48.5 Å². The molecule has 1 fully saturated rings. The van der Waals surface area contributed by atoms with Crippen LogP contribution in [0.3, 0.4) is 0 Å². The van der Waals surface area contributed by atoms with Crippen LogP contribution in [0, 0.1) is 13.8 Å². The number of benzene rings is 2. The van der Waals surface area contributed by atoms with Gasteiger partial charge in [-0.25, -0.2) is 0 Å². The highest BCUT2D eigenvalue weighted by atomic mass is 16.2. The van der Waals surface area contributed by atoms with Gasteiger partial charge in [-0.3, -0.25) is 4.79 Å². The molecule has 1 saturated heterocycles. The van der Waals surface area contributed by atoms with Gasteiger partial charge in [-0.05, 0) is 38.1 Å². The lowest BCUT2D eigenvalue weighted by Crippen LogP contribution is -2.48. The molecule has 1 aliphatic rings. The van der Waals surface area contributed by atoms with Gasteiger partial charge in [0.15, 0.2) is 0 Å². The predicted octanol–water partition coefficient (Wildman–Crippen LogP) is 3.27. The predicted molar refractivity (Wildman–Crippen MR) is 90.5 cm³/mol. The number of carbonyl (C=O) groups excluding carboxylic acids is 1. The van der Waals surface area contributed by atoms with E-state index in [0.29, 0.717) is 0 Å². The fourth-order valence-corrected chi connectivity index (χ4v) is 2.80. The lowest BCUT2D eigenvalue weighted by Gasteiger charge is -2.36. The average molecular weight is 294 g/mol. The number of amides is 1. The van der Waals surface area contributed by atoms with Crippen molar-refractivity contribution in [2.45, 2.75) is 13.8 Å². The molecule has 3 nitrogen and oxygen atoms in total. The molecule has 22 heavy (non-hydrogen) atoms. The van der Waals surface area contributed by atoms with Gasteiger partial charge in [0.05, 0.1) is 0 Å². The fourth-order valence-electron chi connectivity index (χ4n) is 2.80. The summed E-state index contributed by atoms with van der Waals surface area (Å²) in [6, 6.07) is 16.4. The molecule has 0 spiro atoms. The van der Waals surface area contributed by atoms with Crippen molar-refractivity contribution in [3.63, 3.8) is 0 Å². The third kappa shape index (κ3) is 3.14. The summed E-state index contributed by atoms with van der Waals surface area (Å²) in [6.07, 6.45) is 0. The van der Waals surface area contributed by atoms with Crippen LogP contribution in [0.1, 0.15) is 21.5 Å². The van der Waals surface area contributed by atoms with E-state index in [-0.39, 0.29) is 5.91 Å². The Bertz CT molecular complexity index is 638. The van der Waals surface area contributed by atoms with Crippen molar-refractivity contribution in [1.82, 2.24) is 4.90 Å². The Morgan fingerprint density at radius 3 is 1.82 bits per heavy atom. The molecule has 2 aromatic rings. The first kappa shape index (κ1) is 14.6. The summed E-state index contributed by atoms with van der Waals surface area (Å²) >= 11 is 0.